The van der Waals surface area contributed by atoms with E-state index < -0.39 is 0 Å². The SMILES string of the molecule is C[CH2][Al]([PH2])[CH2]C. The van der Waals surface area contributed by atoms with Gasteiger partial charge >= 0.3 is 0 Å². The molecule has 0 aromatic carbocycles. The van der Waals surface area contributed by atoms with Gasteiger partial charge in [0, 0.05) is 0 Å². The normalized spacial score (nSPS) is 8.50. The summed E-state index contributed by atoms with van der Waals surface area (Å²) in [5, 5.41) is 2.86. The third-order valence-corrected chi connectivity index (χ3v) is 5.97. The van der Waals surface area contributed by atoms with Gasteiger partial charge in [-0.3, -0.25) is 0 Å². The second kappa shape index (κ2) is 4.13. The molecular formula is C4H12AlP. The predicted octanol–water partition coefficient (Wildman–Crippen LogP) is 1.89. The third kappa shape index (κ3) is 3.16. The fraction of sp³-hybridized carbons (Fsp3) is 1.00. The molecular weight excluding hydrogens is 106 g/mol. The molecule has 0 spiro atoms. The molecule has 0 nitrogen and oxygen atoms in total. The fourth-order valence-corrected chi connectivity index (χ4v) is 0.866. The first-order valence-electron chi connectivity index (χ1n) is 2.56. The number of hydrogen-bond donors (Lipinski definition) is 0. The Bertz CT molecular complexity index is 26.7. The summed E-state index contributed by atoms with van der Waals surface area (Å²) >= 11 is -0.244. The summed E-state index contributed by atoms with van der Waals surface area (Å²) in [6.07, 6.45) is 0. The van der Waals surface area contributed by atoms with E-state index in [-0.39, 0.29) is 13.7 Å². The fourth-order valence-electron chi connectivity index (χ4n) is 0.289. The largest absolute Gasteiger partial charge is 0.292 e. The molecule has 0 saturated heterocycles. The van der Waals surface area contributed by atoms with Gasteiger partial charge in [0.05, 0.1) is 0 Å². The molecule has 0 rings (SSSR count). The smallest absolute Gasteiger partial charge is 0.202 e. The lowest BCUT2D eigenvalue weighted by Gasteiger charge is -1.89. The van der Waals surface area contributed by atoms with Gasteiger partial charge < -0.3 is 0 Å². The summed E-state index contributed by atoms with van der Waals surface area (Å²) in [6, 6.07) is 0. The van der Waals surface area contributed by atoms with E-state index in [4.69, 9.17) is 0 Å². The summed E-state index contributed by atoms with van der Waals surface area (Å²) in [5.41, 5.74) is 0. The second-order valence-corrected chi connectivity index (χ2v) is 7.56. The Balaban J connectivity index is 2.75. The van der Waals surface area contributed by atoms with Crippen LogP contribution >= 0.6 is 7.89 Å². The van der Waals surface area contributed by atoms with Crippen LogP contribution in [0.1, 0.15) is 13.8 Å². The highest BCUT2D eigenvalue weighted by Gasteiger charge is 2.00. The van der Waals surface area contributed by atoms with Gasteiger partial charge in [-0.1, -0.05) is 24.4 Å². The predicted molar refractivity (Wildman–Crippen MR) is 36.4 cm³/mol. The van der Waals surface area contributed by atoms with Crippen LogP contribution < -0.4 is 0 Å². The Kier molecular flexibility index (Phi) is 4.79. The Morgan fingerprint density at radius 1 is 1.33 bits per heavy atom. The van der Waals surface area contributed by atoms with Gasteiger partial charge in [0.15, 0.2) is 0 Å². The zero-order chi connectivity index (χ0) is 4.99. The molecule has 0 aromatic rings. The minimum absolute atomic E-state index is 0.244. The van der Waals surface area contributed by atoms with Crippen LogP contribution in [0, 0.1) is 0 Å². The molecule has 0 heterocycles. The van der Waals surface area contributed by atoms with Crippen molar-refractivity contribution in [2.45, 2.75) is 24.4 Å². The maximum absolute atomic E-state index is 2.95. The second-order valence-electron chi connectivity index (χ2n) is 1.58. The van der Waals surface area contributed by atoms with Gasteiger partial charge in [-0.25, -0.2) is 7.89 Å². The van der Waals surface area contributed by atoms with Crippen LogP contribution in [0.3, 0.4) is 0 Å². The van der Waals surface area contributed by atoms with Gasteiger partial charge in [0.2, 0.25) is 0 Å². The molecule has 1 unspecified atom stereocenters. The lowest BCUT2D eigenvalue weighted by molar-refractivity contribution is 1.35. The first-order valence-corrected chi connectivity index (χ1v) is 6.86. The molecule has 0 fully saturated rings. The van der Waals surface area contributed by atoms with Crippen molar-refractivity contribution in [3.8, 4) is 0 Å². The van der Waals surface area contributed by atoms with Gasteiger partial charge in [0.1, 0.15) is 0 Å². The Hall–Kier alpha value is 0.962. The van der Waals surface area contributed by atoms with Crippen LogP contribution in [0.25, 0.3) is 0 Å². The van der Waals surface area contributed by atoms with Crippen LogP contribution in [0.15, 0.2) is 0 Å². The zero-order valence-corrected chi connectivity index (χ0v) is 6.88. The number of rotatable bonds is 2. The maximum atomic E-state index is 2.95. The monoisotopic (exact) mass is 118 g/mol. The molecule has 2 heteroatoms. The van der Waals surface area contributed by atoms with Crippen molar-refractivity contribution in [3.05, 3.63) is 0 Å². The van der Waals surface area contributed by atoms with E-state index >= 15 is 0 Å². The molecule has 0 aliphatic rings. The van der Waals surface area contributed by atoms with Crippen molar-refractivity contribution in [1.29, 1.82) is 0 Å². The van der Waals surface area contributed by atoms with Crippen molar-refractivity contribution in [3.63, 3.8) is 0 Å². The van der Waals surface area contributed by atoms with E-state index in [9.17, 15) is 0 Å². The molecule has 0 saturated carbocycles. The van der Waals surface area contributed by atoms with Crippen molar-refractivity contribution in [2.24, 2.45) is 0 Å². The molecule has 36 valence electrons. The first kappa shape index (κ1) is 6.96. The molecule has 0 amide bonds. The standard InChI is InChI=1S/2C2H5.Al.H2P/c2*1-2;;/h2*1H2,2H3;;1H2/q;;+1;-1. The van der Waals surface area contributed by atoms with E-state index in [0.717, 1.165) is 0 Å². The molecule has 0 aliphatic carbocycles. The van der Waals surface area contributed by atoms with Gasteiger partial charge in [-0.15, -0.1) is 0 Å². The zero-order valence-electron chi connectivity index (χ0n) is 4.57. The molecule has 0 aromatic heterocycles. The minimum atomic E-state index is -0.244. The topological polar surface area (TPSA) is 0 Å². The molecule has 0 aliphatic heterocycles. The molecule has 6 heavy (non-hydrogen) atoms. The van der Waals surface area contributed by atoms with E-state index in [1.54, 1.807) is 0 Å². The average Bonchev–Trinajstić information content (AvgIpc) is 1.65. The van der Waals surface area contributed by atoms with Crippen molar-refractivity contribution in [1.82, 2.24) is 0 Å². The highest BCUT2D eigenvalue weighted by Crippen LogP contribution is 2.03. The van der Waals surface area contributed by atoms with Gasteiger partial charge in [-0.05, 0) is 0 Å². The Labute approximate surface area is 46.5 Å². The van der Waals surface area contributed by atoms with Crippen molar-refractivity contribution >= 4 is 21.6 Å². The van der Waals surface area contributed by atoms with Crippen LogP contribution in [-0.4, -0.2) is 13.7 Å². The van der Waals surface area contributed by atoms with Crippen LogP contribution in [-0.2, 0) is 0 Å². The summed E-state index contributed by atoms with van der Waals surface area (Å²) in [6.45, 7) is 4.54. The minimum Gasteiger partial charge on any atom is -0.202 e. The van der Waals surface area contributed by atoms with Crippen molar-refractivity contribution in [2.75, 3.05) is 0 Å². The summed E-state index contributed by atoms with van der Waals surface area (Å²) < 4.78 is 0. The highest BCUT2D eigenvalue weighted by atomic mass is 31.2. The molecule has 0 bridgehead atoms. The number of hydrogen-bond acceptors (Lipinski definition) is 0. The third-order valence-electron chi connectivity index (χ3n) is 1.05. The summed E-state index contributed by atoms with van der Waals surface area (Å²) in [5.74, 6) is 0. The van der Waals surface area contributed by atoms with Crippen molar-refractivity contribution < 1.29 is 0 Å². The van der Waals surface area contributed by atoms with Gasteiger partial charge in [0.25, 0.3) is 13.7 Å². The van der Waals surface area contributed by atoms with E-state index in [1.807, 2.05) is 0 Å². The van der Waals surface area contributed by atoms with Crippen LogP contribution in [0.4, 0.5) is 0 Å². The lowest BCUT2D eigenvalue weighted by Crippen LogP contribution is -1.94. The van der Waals surface area contributed by atoms with E-state index in [0.29, 0.717) is 0 Å². The Morgan fingerprint density at radius 2 is 1.67 bits per heavy atom. The first-order chi connectivity index (χ1) is 2.81. The molecule has 1 atom stereocenters. The van der Waals surface area contributed by atoms with Gasteiger partial charge in [-0.2, -0.15) is 0 Å². The van der Waals surface area contributed by atoms with E-state index in [2.05, 4.69) is 21.7 Å². The van der Waals surface area contributed by atoms with Crippen LogP contribution in [0.5, 0.6) is 0 Å². The molecule has 0 N–H and O–H groups in total. The Morgan fingerprint density at radius 3 is 1.67 bits per heavy atom. The van der Waals surface area contributed by atoms with Crippen LogP contribution in [0.2, 0.25) is 10.6 Å². The lowest BCUT2D eigenvalue weighted by atomic mass is 10.9. The quantitative estimate of drug-likeness (QED) is 0.383. The van der Waals surface area contributed by atoms with E-state index in [1.165, 1.54) is 10.6 Å². The summed E-state index contributed by atoms with van der Waals surface area (Å²) in [7, 11) is 2.95. The average molecular weight is 118 g/mol. The maximum Gasteiger partial charge on any atom is 0.292 e. The molecule has 0 radical (unpaired) electrons. The summed E-state index contributed by atoms with van der Waals surface area (Å²) in [4.78, 5) is 0. The highest BCUT2D eigenvalue weighted by molar-refractivity contribution is 7.62.